The molecule has 0 saturated heterocycles. The summed E-state index contributed by atoms with van der Waals surface area (Å²) in [5.74, 6) is 0.671. The molecule has 2 aromatic carbocycles. The van der Waals surface area contributed by atoms with Gasteiger partial charge in [0.25, 0.3) is 5.91 Å². The van der Waals surface area contributed by atoms with Crippen LogP contribution in [0, 0.1) is 0 Å². The fraction of sp³-hybridized carbons (Fsp3) is 0.316. The van der Waals surface area contributed by atoms with Crippen molar-refractivity contribution in [3.05, 3.63) is 48.0 Å². The van der Waals surface area contributed by atoms with E-state index in [0.717, 1.165) is 0 Å². The van der Waals surface area contributed by atoms with E-state index in [9.17, 15) is 13.2 Å². The molecule has 7 nitrogen and oxygen atoms in total. The maximum atomic E-state index is 12.5. The molecule has 0 fully saturated rings. The average molecular weight is 392 g/mol. The molecular formula is C19H24N2O5S. The number of hydrogen-bond acceptors (Lipinski definition) is 5. The second kappa shape index (κ2) is 8.88. The van der Waals surface area contributed by atoms with E-state index in [1.807, 2.05) is 6.92 Å². The summed E-state index contributed by atoms with van der Waals surface area (Å²) in [6, 6.07) is 10.6. The Morgan fingerprint density at radius 3 is 2.30 bits per heavy atom. The van der Waals surface area contributed by atoms with E-state index in [1.54, 1.807) is 25.1 Å². The van der Waals surface area contributed by atoms with Crippen LogP contribution in [-0.4, -0.2) is 34.6 Å². The van der Waals surface area contributed by atoms with Crippen molar-refractivity contribution in [2.75, 3.05) is 19.5 Å². The summed E-state index contributed by atoms with van der Waals surface area (Å²) < 4.78 is 37.5. The minimum Gasteiger partial charge on any atom is -0.497 e. The molecule has 0 spiro atoms. The fourth-order valence-electron chi connectivity index (χ4n) is 2.31. The molecule has 0 bridgehead atoms. The smallest absolute Gasteiger partial charge is 0.255 e. The van der Waals surface area contributed by atoms with Crippen LogP contribution in [-0.2, 0) is 10.0 Å². The minimum atomic E-state index is -3.61. The molecular weight excluding hydrogens is 368 g/mol. The Hall–Kier alpha value is -2.58. The molecule has 146 valence electrons. The zero-order valence-electron chi connectivity index (χ0n) is 15.8. The summed E-state index contributed by atoms with van der Waals surface area (Å²) in [4.78, 5) is 12.6. The zero-order valence-corrected chi connectivity index (χ0v) is 16.6. The standard InChI is InChI=1S/C19H24N2O5S/c1-5-13(2)21-27(23,24)16-9-6-14(7-10-16)19(22)20-17-12-15(25-3)8-11-18(17)26-4/h6-13,21H,5H2,1-4H3,(H,20,22). The van der Waals surface area contributed by atoms with Crippen molar-refractivity contribution >= 4 is 21.6 Å². The summed E-state index contributed by atoms with van der Waals surface area (Å²) in [7, 11) is -0.582. The quantitative estimate of drug-likeness (QED) is 0.720. The first-order chi connectivity index (χ1) is 12.8. The first-order valence-corrected chi connectivity index (χ1v) is 9.94. The van der Waals surface area contributed by atoms with Crippen molar-refractivity contribution < 1.29 is 22.7 Å². The van der Waals surface area contributed by atoms with Crippen molar-refractivity contribution in [3.8, 4) is 11.5 Å². The van der Waals surface area contributed by atoms with Crippen LogP contribution in [0.1, 0.15) is 30.6 Å². The Morgan fingerprint density at radius 2 is 1.74 bits per heavy atom. The van der Waals surface area contributed by atoms with Crippen LogP contribution in [0.15, 0.2) is 47.4 Å². The minimum absolute atomic E-state index is 0.110. The lowest BCUT2D eigenvalue weighted by atomic mass is 10.2. The number of carbonyl (C=O) groups excluding carboxylic acids is 1. The highest BCUT2D eigenvalue weighted by Crippen LogP contribution is 2.29. The number of rotatable bonds is 8. The van der Waals surface area contributed by atoms with Crippen LogP contribution >= 0.6 is 0 Å². The lowest BCUT2D eigenvalue weighted by molar-refractivity contribution is 0.102. The molecule has 0 heterocycles. The third-order valence-corrected chi connectivity index (χ3v) is 5.66. The fourth-order valence-corrected chi connectivity index (χ4v) is 3.63. The van der Waals surface area contributed by atoms with E-state index in [0.29, 0.717) is 29.2 Å². The van der Waals surface area contributed by atoms with Gasteiger partial charge in [-0.25, -0.2) is 13.1 Å². The van der Waals surface area contributed by atoms with Crippen molar-refractivity contribution in [1.82, 2.24) is 4.72 Å². The highest BCUT2D eigenvalue weighted by atomic mass is 32.2. The Kier molecular flexibility index (Phi) is 6.81. The van der Waals surface area contributed by atoms with Crippen LogP contribution in [0.5, 0.6) is 11.5 Å². The van der Waals surface area contributed by atoms with Gasteiger partial charge in [-0.05, 0) is 49.7 Å². The number of methoxy groups -OCH3 is 2. The largest absolute Gasteiger partial charge is 0.497 e. The number of amides is 1. The maximum absolute atomic E-state index is 12.5. The van der Waals surface area contributed by atoms with Gasteiger partial charge in [-0.1, -0.05) is 6.92 Å². The molecule has 2 N–H and O–H groups in total. The molecule has 0 aliphatic carbocycles. The molecule has 0 aliphatic rings. The first-order valence-electron chi connectivity index (χ1n) is 8.46. The Labute approximate surface area is 159 Å². The van der Waals surface area contributed by atoms with E-state index in [1.165, 1.54) is 38.5 Å². The number of hydrogen-bond donors (Lipinski definition) is 2. The lowest BCUT2D eigenvalue weighted by Gasteiger charge is -2.13. The molecule has 27 heavy (non-hydrogen) atoms. The van der Waals surface area contributed by atoms with Crippen LogP contribution in [0.25, 0.3) is 0 Å². The van der Waals surface area contributed by atoms with E-state index in [4.69, 9.17) is 9.47 Å². The van der Waals surface area contributed by atoms with Gasteiger partial charge in [0.15, 0.2) is 0 Å². The number of nitrogens with one attached hydrogen (secondary N) is 2. The highest BCUT2D eigenvalue weighted by molar-refractivity contribution is 7.89. The SMILES string of the molecule is CCC(C)NS(=O)(=O)c1ccc(C(=O)Nc2cc(OC)ccc2OC)cc1. The van der Waals surface area contributed by atoms with Gasteiger partial charge in [0.1, 0.15) is 11.5 Å². The molecule has 0 radical (unpaired) electrons. The van der Waals surface area contributed by atoms with Crippen LogP contribution < -0.4 is 19.5 Å². The molecule has 0 saturated carbocycles. The molecule has 1 unspecified atom stereocenters. The van der Waals surface area contributed by atoms with Crippen molar-refractivity contribution in [1.29, 1.82) is 0 Å². The second-order valence-corrected chi connectivity index (χ2v) is 7.69. The van der Waals surface area contributed by atoms with Gasteiger partial charge in [0.2, 0.25) is 10.0 Å². The van der Waals surface area contributed by atoms with E-state index < -0.39 is 10.0 Å². The van der Waals surface area contributed by atoms with Gasteiger partial charge in [-0.3, -0.25) is 4.79 Å². The Morgan fingerprint density at radius 1 is 1.07 bits per heavy atom. The van der Waals surface area contributed by atoms with Crippen LogP contribution in [0.4, 0.5) is 5.69 Å². The first kappa shape index (κ1) is 20.7. The van der Waals surface area contributed by atoms with Crippen molar-refractivity contribution in [2.24, 2.45) is 0 Å². The van der Waals surface area contributed by atoms with E-state index >= 15 is 0 Å². The molecule has 2 aromatic rings. The normalized spacial score (nSPS) is 12.3. The third-order valence-electron chi connectivity index (χ3n) is 4.05. The molecule has 0 aromatic heterocycles. The number of anilines is 1. The van der Waals surface area contributed by atoms with Gasteiger partial charge < -0.3 is 14.8 Å². The van der Waals surface area contributed by atoms with Gasteiger partial charge in [0, 0.05) is 17.7 Å². The zero-order chi connectivity index (χ0) is 20.0. The number of ether oxygens (including phenoxy) is 2. The lowest BCUT2D eigenvalue weighted by Crippen LogP contribution is -2.32. The monoisotopic (exact) mass is 392 g/mol. The number of benzene rings is 2. The molecule has 2 rings (SSSR count). The maximum Gasteiger partial charge on any atom is 0.255 e. The Balaban J connectivity index is 2.19. The van der Waals surface area contributed by atoms with Crippen molar-refractivity contribution in [2.45, 2.75) is 31.2 Å². The van der Waals surface area contributed by atoms with E-state index in [-0.39, 0.29) is 16.8 Å². The third kappa shape index (κ3) is 5.21. The number of sulfonamides is 1. The molecule has 8 heteroatoms. The van der Waals surface area contributed by atoms with Crippen LogP contribution in [0.2, 0.25) is 0 Å². The van der Waals surface area contributed by atoms with Crippen LogP contribution in [0.3, 0.4) is 0 Å². The summed E-state index contributed by atoms with van der Waals surface area (Å²) in [6.45, 7) is 3.69. The summed E-state index contributed by atoms with van der Waals surface area (Å²) in [5, 5.41) is 2.74. The highest BCUT2D eigenvalue weighted by Gasteiger charge is 2.17. The topological polar surface area (TPSA) is 93.7 Å². The molecule has 1 atom stereocenters. The average Bonchev–Trinajstić information content (AvgIpc) is 2.67. The predicted octanol–water partition coefficient (Wildman–Crippen LogP) is 3.03. The van der Waals surface area contributed by atoms with Crippen molar-refractivity contribution in [3.63, 3.8) is 0 Å². The molecule has 1 amide bonds. The van der Waals surface area contributed by atoms with Gasteiger partial charge in [0.05, 0.1) is 24.8 Å². The van der Waals surface area contributed by atoms with Gasteiger partial charge >= 0.3 is 0 Å². The number of carbonyl (C=O) groups is 1. The predicted molar refractivity (Wildman–Crippen MR) is 104 cm³/mol. The Bertz CT molecular complexity index is 895. The van der Waals surface area contributed by atoms with Gasteiger partial charge in [-0.15, -0.1) is 0 Å². The summed E-state index contributed by atoms with van der Waals surface area (Å²) >= 11 is 0. The van der Waals surface area contributed by atoms with E-state index in [2.05, 4.69) is 10.0 Å². The summed E-state index contributed by atoms with van der Waals surface area (Å²) in [6.07, 6.45) is 0.683. The van der Waals surface area contributed by atoms with Gasteiger partial charge in [-0.2, -0.15) is 0 Å². The second-order valence-electron chi connectivity index (χ2n) is 5.98. The summed E-state index contributed by atoms with van der Waals surface area (Å²) in [5.41, 5.74) is 0.777. The molecule has 0 aliphatic heterocycles.